The highest BCUT2D eigenvalue weighted by Gasteiger charge is 2.38. The Kier molecular flexibility index (Phi) is 22.3. The molecule has 258 valence electrons. The van der Waals surface area contributed by atoms with Crippen LogP contribution in [-0.4, -0.2) is 65.0 Å². The number of esters is 2. The number of carbonyl (C=O) groups is 3. The van der Waals surface area contributed by atoms with Crippen molar-refractivity contribution in [2.24, 2.45) is 0 Å². The van der Waals surface area contributed by atoms with Crippen LogP contribution in [0.4, 0.5) is 4.79 Å². The van der Waals surface area contributed by atoms with Crippen LogP contribution in [0.1, 0.15) is 176 Å². The number of hydrogen-bond acceptors (Lipinski definition) is 7. The lowest BCUT2D eigenvalue weighted by molar-refractivity contribution is -0.153. The van der Waals surface area contributed by atoms with Crippen LogP contribution in [0.5, 0.6) is 0 Å². The molecule has 0 aromatic heterocycles. The van der Waals surface area contributed by atoms with Crippen LogP contribution in [0, 0.1) is 0 Å². The van der Waals surface area contributed by atoms with Crippen LogP contribution in [0.3, 0.4) is 0 Å². The lowest BCUT2D eigenvalue weighted by Gasteiger charge is -2.37. The number of amides is 1. The van der Waals surface area contributed by atoms with Gasteiger partial charge < -0.3 is 19.3 Å². The first-order valence-electron chi connectivity index (χ1n) is 18.1. The third-order valence-corrected chi connectivity index (χ3v) is 8.30. The van der Waals surface area contributed by atoms with Gasteiger partial charge in [0.15, 0.2) is 0 Å². The van der Waals surface area contributed by atoms with Crippen molar-refractivity contribution in [1.82, 2.24) is 4.90 Å². The van der Waals surface area contributed by atoms with Crippen LogP contribution in [-0.2, 0) is 23.8 Å². The van der Waals surface area contributed by atoms with Gasteiger partial charge in [0.05, 0.1) is 12.7 Å². The van der Waals surface area contributed by atoms with Crippen molar-refractivity contribution in [1.29, 1.82) is 0 Å². The molecule has 0 radical (unpaired) electrons. The molecule has 8 heteroatoms. The molecule has 0 aromatic rings. The molecule has 8 nitrogen and oxygen atoms in total. The molecule has 1 N–H and O–H groups in total. The van der Waals surface area contributed by atoms with Crippen LogP contribution in [0.2, 0.25) is 0 Å². The number of carbonyl (C=O) groups excluding carboxylic acids is 3. The molecule has 1 fully saturated rings. The van der Waals surface area contributed by atoms with E-state index in [1.165, 1.54) is 69.1 Å². The molecule has 1 amide bonds. The van der Waals surface area contributed by atoms with Gasteiger partial charge >= 0.3 is 18.0 Å². The quantitative estimate of drug-likeness (QED) is 0.0648. The van der Waals surface area contributed by atoms with E-state index < -0.39 is 29.8 Å². The Morgan fingerprint density at radius 3 is 1.86 bits per heavy atom. The highest BCUT2D eigenvalue weighted by atomic mass is 16.6. The number of unbranched alkanes of at least 4 members (excludes halogenated alkanes) is 14. The van der Waals surface area contributed by atoms with E-state index in [2.05, 4.69) is 13.8 Å². The standard InChI is InChI=1S/C36H67NO7/c1-6-8-10-12-15-19-23-31(24-20-16-13-11-9-7-2)43-33(39)25-21-17-14-18-22-28-42-34(40)32-29-30(38)26-27-37(32)35(41)44-36(3,4)5/h30-32,38H,6-29H2,1-5H3/t30-,32-/m0/s1. The van der Waals surface area contributed by atoms with Gasteiger partial charge in [0.25, 0.3) is 0 Å². The summed E-state index contributed by atoms with van der Waals surface area (Å²) in [5, 5.41) is 10.1. The third-order valence-electron chi connectivity index (χ3n) is 8.30. The summed E-state index contributed by atoms with van der Waals surface area (Å²) in [6, 6.07) is -0.828. The topological polar surface area (TPSA) is 102 Å². The molecule has 1 heterocycles. The van der Waals surface area contributed by atoms with Crippen LogP contribution >= 0.6 is 0 Å². The second-order valence-electron chi connectivity index (χ2n) is 13.8. The van der Waals surface area contributed by atoms with Crippen molar-refractivity contribution < 1.29 is 33.7 Å². The van der Waals surface area contributed by atoms with Crippen molar-refractivity contribution in [3.63, 3.8) is 0 Å². The summed E-state index contributed by atoms with van der Waals surface area (Å²) in [5.74, 6) is -0.557. The highest BCUT2D eigenvalue weighted by Crippen LogP contribution is 2.22. The molecule has 0 spiro atoms. The van der Waals surface area contributed by atoms with Crippen LogP contribution < -0.4 is 0 Å². The van der Waals surface area contributed by atoms with Gasteiger partial charge in [0.2, 0.25) is 0 Å². The van der Waals surface area contributed by atoms with Crippen molar-refractivity contribution in [2.75, 3.05) is 13.2 Å². The fourth-order valence-corrected chi connectivity index (χ4v) is 5.69. The van der Waals surface area contributed by atoms with Gasteiger partial charge in [-0.05, 0) is 65.7 Å². The summed E-state index contributed by atoms with van der Waals surface area (Å²) < 4.78 is 16.9. The van der Waals surface area contributed by atoms with E-state index in [1.807, 2.05) is 0 Å². The zero-order valence-corrected chi connectivity index (χ0v) is 29.0. The SMILES string of the molecule is CCCCCCCCC(CCCCCCCC)OC(=O)CCCCCCCOC(=O)[C@@H]1C[C@@H](O)CCN1C(=O)OC(C)(C)C. The third kappa shape index (κ3) is 20.2. The molecule has 0 saturated carbocycles. The van der Waals surface area contributed by atoms with Crippen molar-refractivity contribution in [3.8, 4) is 0 Å². The first kappa shape index (κ1) is 40.2. The number of aliphatic hydroxyl groups is 1. The number of hydrogen-bond donors (Lipinski definition) is 1. The van der Waals surface area contributed by atoms with Crippen LogP contribution in [0.15, 0.2) is 0 Å². The molecule has 1 saturated heterocycles. The minimum atomic E-state index is -0.828. The van der Waals surface area contributed by atoms with E-state index in [4.69, 9.17) is 14.2 Å². The first-order chi connectivity index (χ1) is 21.1. The maximum absolute atomic E-state index is 12.7. The van der Waals surface area contributed by atoms with E-state index in [1.54, 1.807) is 20.8 Å². The number of nitrogens with zero attached hydrogens (tertiary/aromatic N) is 1. The molecule has 2 atom stereocenters. The minimum absolute atomic E-state index is 0.0612. The number of piperidine rings is 1. The monoisotopic (exact) mass is 625 g/mol. The lowest BCUT2D eigenvalue weighted by Crippen LogP contribution is -2.53. The Bertz CT molecular complexity index is 750. The van der Waals surface area contributed by atoms with Crippen LogP contribution in [0.25, 0.3) is 0 Å². The molecule has 0 aliphatic carbocycles. The van der Waals surface area contributed by atoms with E-state index in [0.29, 0.717) is 12.8 Å². The molecular weight excluding hydrogens is 558 g/mol. The zero-order chi connectivity index (χ0) is 32.6. The summed E-state index contributed by atoms with van der Waals surface area (Å²) >= 11 is 0. The fourth-order valence-electron chi connectivity index (χ4n) is 5.69. The molecule has 0 bridgehead atoms. The summed E-state index contributed by atoms with van der Waals surface area (Å²) in [6.45, 7) is 10.4. The van der Waals surface area contributed by atoms with Gasteiger partial charge in [-0.2, -0.15) is 0 Å². The molecule has 0 unspecified atom stereocenters. The second kappa shape index (κ2) is 24.4. The maximum Gasteiger partial charge on any atom is 0.411 e. The Labute approximate surface area is 269 Å². The Balaban J connectivity index is 2.28. The lowest BCUT2D eigenvalue weighted by atomic mass is 10.00. The van der Waals surface area contributed by atoms with E-state index in [0.717, 1.165) is 57.8 Å². The van der Waals surface area contributed by atoms with Crippen molar-refractivity contribution in [3.05, 3.63) is 0 Å². The Morgan fingerprint density at radius 1 is 0.773 bits per heavy atom. The van der Waals surface area contributed by atoms with Gasteiger partial charge in [-0.15, -0.1) is 0 Å². The fraction of sp³-hybridized carbons (Fsp3) is 0.917. The summed E-state index contributed by atoms with van der Waals surface area (Å²) in [6.07, 6.45) is 21.2. The highest BCUT2D eigenvalue weighted by molar-refractivity contribution is 5.82. The number of aliphatic hydroxyl groups excluding tert-OH is 1. The minimum Gasteiger partial charge on any atom is -0.464 e. The number of likely N-dealkylation sites (tertiary alicyclic amines) is 1. The second-order valence-corrected chi connectivity index (χ2v) is 13.8. The zero-order valence-electron chi connectivity index (χ0n) is 29.0. The van der Waals surface area contributed by atoms with Crippen molar-refractivity contribution >= 4 is 18.0 Å². The number of rotatable bonds is 24. The van der Waals surface area contributed by atoms with Gasteiger partial charge in [0.1, 0.15) is 17.7 Å². The van der Waals surface area contributed by atoms with Gasteiger partial charge in [0, 0.05) is 19.4 Å². The smallest absolute Gasteiger partial charge is 0.411 e. The largest absolute Gasteiger partial charge is 0.464 e. The molecule has 1 aliphatic rings. The van der Waals surface area contributed by atoms with Crippen molar-refractivity contribution in [2.45, 2.75) is 200 Å². The maximum atomic E-state index is 12.7. The average Bonchev–Trinajstić information content (AvgIpc) is 2.96. The number of ether oxygens (including phenoxy) is 3. The molecule has 1 aliphatic heterocycles. The molecular formula is C36H67NO7. The van der Waals surface area contributed by atoms with E-state index in [-0.39, 0.29) is 31.6 Å². The summed E-state index contributed by atoms with van der Waals surface area (Å²) in [7, 11) is 0. The van der Waals surface area contributed by atoms with E-state index in [9.17, 15) is 19.5 Å². The summed E-state index contributed by atoms with van der Waals surface area (Å²) in [4.78, 5) is 39.3. The molecule has 1 rings (SSSR count). The molecule has 44 heavy (non-hydrogen) atoms. The van der Waals surface area contributed by atoms with E-state index >= 15 is 0 Å². The van der Waals surface area contributed by atoms with Gasteiger partial charge in [-0.3, -0.25) is 9.69 Å². The Hall–Kier alpha value is -1.83. The van der Waals surface area contributed by atoms with Gasteiger partial charge in [-0.25, -0.2) is 9.59 Å². The Morgan fingerprint density at radius 2 is 1.30 bits per heavy atom. The summed E-state index contributed by atoms with van der Waals surface area (Å²) in [5.41, 5.74) is -0.666. The predicted octanol–water partition coefficient (Wildman–Crippen LogP) is 9.04. The first-order valence-corrected chi connectivity index (χ1v) is 18.1. The normalized spacial score (nSPS) is 17.1. The average molecular weight is 626 g/mol. The predicted molar refractivity (Wildman–Crippen MR) is 176 cm³/mol. The molecule has 0 aromatic carbocycles. The van der Waals surface area contributed by atoms with Gasteiger partial charge in [-0.1, -0.05) is 97.3 Å².